The van der Waals surface area contributed by atoms with Crippen molar-refractivity contribution in [2.24, 2.45) is 0 Å². The van der Waals surface area contributed by atoms with E-state index in [1.54, 1.807) is 17.4 Å². The van der Waals surface area contributed by atoms with Gasteiger partial charge in [0.15, 0.2) is 11.5 Å². The van der Waals surface area contributed by atoms with Gasteiger partial charge in [-0.3, -0.25) is 0 Å². The fourth-order valence-corrected chi connectivity index (χ4v) is 3.44. The first-order chi connectivity index (χ1) is 9.22. The van der Waals surface area contributed by atoms with Gasteiger partial charge in [0, 0.05) is 33.4 Å². The Kier molecular flexibility index (Phi) is 3.86. The van der Waals surface area contributed by atoms with Crippen molar-refractivity contribution >= 4 is 44.6 Å². The van der Waals surface area contributed by atoms with E-state index in [-0.39, 0.29) is 0 Å². The van der Waals surface area contributed by atoms with Crippen molar-refractivity contribution in [2.75, 3.05) is 18.5 Å². The Labute approximate surface area is 128 Å². The van der Waals surface area contributed by atoms with Gasteiger partial charge in [-0.05, 0) is 22.0 Å². The molecular weight excluding hydrogens is 350 g/mol. The van der Waals surface area contributed by atoms with Crippen molar-refractivity contribution in [2.45, 2.75) is 6.54 Å². The number of nitrogens with one attached hydrogen (secondary N) is 1. The van der Waals surface area contributed by atoms with Crippen LogP contribution < -0.4 is 14.8 Å². The van der Waals surface area contributed by atoms with Crippen molar-refractivity contribution in [3.63, 3.8) is 0 Å². The number of rotatable bonds is 3. The van der Waals surface area contributed by atoms with E-state index in [9.17, 15) is 0 Å². The van der Waals surface area contributed by atoms with Crippen molar-refractivity contribution in [3.05, 3.63) is 38.0 Å². The number of halogens is 2. The minimum Gasteiger partial charge on any atom is -0.486 e. The normalized spacial score (nSPS) is 13.4. The Morgan fingerprint density at radius 2 is 1.95 bits per heavy atom. The Hall–Kier alpha value is -0.910. The molecule has 0 radical (unpaired) electrons. The van der Waals surface area contributed by atoms with Gasteiger partial charge in [-0.25, -0.2) is 0 Å². The highest BCUT2D eigenvalue weighted by Crippen LogP contribution is 2.38. The molecule has 1 N–H and O–H groups in total. The molecule has 6 heteroatoms. The largest absolute Gasteiger partial charge is 0.486 e. The van der Waals surface area contributed by atoms with E-state index < -0.39 is 0 Å². The third kappa shape index (κ3) is 2.99. The van der Waals surface area contributed by atoms with Crippen LogP contribution in [0.1, 0.15) is 4.88 Å². The van der Waals surface area contributed by atoms with Gasteiger partial charge in [-0.1, -0.05) is 11.6 Å². The van der Waals surface area contributed by atoms with Crippen LogP contribution in [0.5, 0.6) is 11.5 Å². The van der Waals surface area contributed by atoms with Gasteiger partial charge >= 0.3 is 0 Å². The standard InChI is InChI=1S/C13H11BrClNO2S/c14-8-3-9(19-7-8)6-16-11-5-13-12(4-10(11)15)17-1-2-18-13/h3-5,7,16H,1-2,6H2. The Balaban J connectivity index is 1.77. The first-order valence-corrected chi connectivity index (χ1v) is 7.83. The third-order valence-electron chi connectivity index (χ3n) is 2.71. The molecular formula is C13H11BrClNO2S. The van der Waals surface area contributed by atoms with Crippen LogP contribution in [0.4, 0.5) is 5.69 Å². The first-order valence-electron chi connectivity index (χ1n) is 5.78. The lowest BCUT2D eigenvalue weighted by Crippen LogP contribution is -2.15. The summed E-state index contributed by atoms with van der Waals surface area (Å²) in [5.74, 6) is 1.45. The van der Waals surface area contributed by atoms with Gasteiger partial charge in [0.25, 0.3) is 0 Å². The molecule has 1 aromatic heterocycles. The summed E-state index contributed by atoms with van der Waals surface area (Å²) in [6.45, 7) is 1.88. The van der Waals surface area contributed by atoms with Gasteiger partial charge in [0.05, 0.1) is 10.7 Å². The Morgan fingerprint density at radius 1 is 1.21 bits per heavy atom. The predicted octanol–water partition coefficient (Wildman–Crippen LogP) is 4.55. The van der Waals surface area contributed by atoms with E-state index in [1.165, 1.54) is 4.88 Å². The van der Waals surface area contributed by atoms with Gasteiger partial charge < -0.3 is 14.8 Å². The summed E-state index contributed by atoms with van der Waals surface area (Å²) >= 11 is 11.4. The molecule has 100 valence electrons. The Bertz CT molecular complexity index is 602. The number of thiophene rings is 1. The molecule has 0 amide bonds. The highest BCUT2D eigenvalue weighted by atomic mass is 79.9. The van der Waals surface area contributed by atoms with Crippen LogP contribution in [0, 0.1) is 0 Å². The molecule has 2 heterocycles. The third-order valence-corrected chi connectivity index (χ3v) is 4.72. The van der Waals surface area contributed by atoms with E-state index in [4.69, 9.17) is 21.1 Å². The summed E-state index contributed by atoms with van der Waals surface area (Å²) in [7, 11) is 0. The summed E-state index contributed by atoms with van der Waals surface area (Å²) in [5, 5.41) is 6.01. The Morgan fingerprint density at radius 3 is 2.63 bits per heavy atom. The van der Waals surface area contributed by atoms with Crippen LogP contribution in [0.3, 0.4) is 0 Å². The van der Waals surface area contributed by atoms with Crippen LogP contribution in [0.2, 0.25) is 5.02 Å². The zero-order chi connectivity index (χ0) is 13.2. The van der Waals surface area contributed by atoms with E-state index in [0.717, 1.165) is 22.5 Å². The maximum Gasteiger partial charge on any atom is 0.163 e. The molecule has 19 heavy (non-hydrogen) atoms. The second-order valence-corrected chi connectivity index (χ2v) is 6.38. The number of hydrogen-bond donors (Lipinski definition) is 1. The SMILES string of the molecule is Clc1cc2c(cc1NCc1cc(Br)cs1)OCCO2. The molecule has 0 atom stereocenters. The van der Waals surface area contributed by atoms with Gasteiger partial charge in [-0.2, -0.15) is 0 Å². The molecule has 3 rings (SSSR count). The zero-order valence-electron chi connectivity index (χ0n) is 9.91. The molecule has 0 fully saturated rings. The van der Waals surface area contributed by atoms with Crippen molar-refractivity contribution in [3.8, 4) is 11.5 Å². The average molecular weight is 361 g/mol. The molecule has 0 saturated carbocycles. The number of fused-ring (bicyclic) bond motifs is 1. The quantitative estimate of drug-likeness (QED) is 0.871. The first kappa shape index (κ1) is 13.1. The maximum absolute atomic E-state index is 6.23. The lowest BCUT2D eigenvalue weighted by atomic mass is 10.2. The van der Waals surface area contributed by atoms with Gasteiger partial charge in [0.1, 0.15) is 13.2 Å². The topological polar surface area (TPSA) is 30.5 Å². The molecule has 0 saturated heterocycles. The van der Waals surface area contributed by atoms with Crippen LogP contribution in [-0.2, 0) is 6.54 Å². The molecule has 0 bridgehead atoms. The average Bonchev–Trinajstić information content (AvgIpc) is 2.82. The highest BCUT2D eigenvalue weighted by molar-refractivity contribution is 9.10. The van der Waals surface area contributed by atoms with Crippen LogP contribution in [0.25, 0.3) is 0 Å². The minimum absolute atomic E-state index is 0.569. The van der Waals surface area contributed by atoms with Gasteiger partial charge in [0.2, 0.25) is 0 Å². The molecule has 0 spiro atoms. The molecule has 0 unspecified atom stereocenters. The summed E-state index contributed by atoms with van der Waals surface area (Å²) in [4.78, 5) is 1.23. The predicted molar refractivity (Wildman–Crippen MR) is 81.8 cm³/mol. The molecule has 3 nitrogen and oxygen atoms in total. The second-order valence-electron chi connectivity index (χ2n) is 4.06. The lowest BCUT2D eigenvalue weighted by Gasteiger charge is -2.20. The van der Waals surface area contributed by atoms with Crippen molar-refractivity contribution < 1.29 is 9.47 Å². The lowest BCUT2D eigenvalue weighted by molar-refractivity contribution is 0.171. The fraction of sp³-hybridized carbons (Fsp3) is 0.231. The van der Waals surface area contributed by atoms with Crippen LogP contribution >= 0.6 is 38.9 Å². The molecule has 1 aromatic carbocycles. The monoisotopic (exact) mass is 359 g/mol. The van der Waals surface area contributed by atoms with E-state index >= 15 is 0 Å². The highest BCUT2D eigenvalue weighted by Gasteiger charge is 2.15. The molecule has 0 aliphatic carbocycles. The number of hydrogen-bond acceptors (Lipinski definition) is 4. The smallest absolute Gasteiger partial charge is 0.163 e. The zero-order valence-corrected chi connectivity index (χ0v) is 13.1. The minimum atomic E-state index is 0.569. The summed E-state index contributed by atoms with van der Waals surface area (Å²) in [6, 6.07) is 5.77. The molecule has 1 aliphatic rings. The summed E-state index contributed by atoms with van der Waals surface area (Å²) < 4.78 is 12.1. The summed E-state index contributed by atoms with van der Waals surface area (Å²) in [5.41, 5.74) is 0.857. The van der Waals surface area contributed by atoms with Gasteiger partial charge in [-0.15, -0.1) is 11.3 Å². The molecule has 2 aromatic rings. The second kappa shape index (κ2) is 5.61. The summed E-state index contributed by atoms with van der Waals surface area (Å²) in [6.07, 6.45) is 0. The van der Waals surface area contributed by atoms with E-state index in [2.05, 4.69) is 32.7 Å². The fourth-order valence-electron chi connectivity index (χ4n) is 1.83. The molecule has 1 aliphatic heterocycles. The van der Waals surface area contributed by atoms with E-state index in [0.29, 0.717) is 24.0 Å². The van der Waals surface area contributed by atoms with Crippen molar-refractivity contribution in [1.29, 1.82) is 0 Å². The van der Waals surface area contributed by atoms with Crippen molar-refractivity contribution in [1.82, 2.24) is 0 Å². The number of ether oxygens (including phenoxy) is 2. The number of benzene rings is 1. The van der Waals surface area contributed by atoms with Crippen LogP contribution in [0.15, 0.2) is 28.1 Å². The number of anilines is 1. The maximum atomic E-state index is 6.23. The van der Waals surface area contributed by atoms with Crippen LogP contribution in [-0.4, -0.2) is 13.2 Å². The van der Waals surface area contributed by atoms with E-state index in [1.807, 2.05) is 6.07 Å².